The lowest BCUT2D eigenvalue weighted by atomic mass is 9.94. The molecule has 0 radical (unpaired) electrons. The second kappa shape index (κ2) is 7.66. The van der Waals surface area contributed by atoms with E-state index in [0.717, 1.165) is 37.9 Å². The number of hydrogen-bond acceptors (Lipinski definition) is 5. The minimum Gasteiger partial charge on any atom is -0.368 e. The third-order valence-corrected chi connectivity index (χ3v) is 5.73. The number of unbranched alkanes of at least 4 members (excludes halogenated alkanes) is 1. The molecule has 1 rings (SSSR count). The fraction of sp³-hybridized carbons (Fsp3) is 0.923. The Morgan fingerprint density at radius 1 is 1.35 bits per heavy atom. The van der Waals surface area contributed by atoms with Crippen LogP contribution >= 0.6 is 11.8 Å². The van der Waals surface area contributed by atoms with E-state index in [-0.39, 0.29) is 11.7 Å². The molecule has 0 bridgehead atoms. The van der Waals surface area contributed by atoms with Crippen molar-refractivity contribution in [3.05, 3.63) is 0 Å². The molecule has 0 aliphatic heterocycles. The molecular formula is C13H26N2O3S2. The first kappa shape index (κ1) is 17.8. The van der Waals surface area contributed by atoms with Crippen LogP contribution in [0.2, 0.25) is 0 Å². The summed E-state index contributed by atoms with van der Waals surface area (Å²) in [7, 11) is -2.85. The van der Waals surface area contributed by atoms with Crippen LogP contribution in [0.4, 0.5) is 0 Å². The van der Waals surface area contributed by atoms with E-state index in [2.05, 4.69) is 5.32 Å². The first-order valence-electron chi connectivity index (χ1n) is 7.06. The van der Waals surface area contributed by atoms with Crippen molar-refractivity contribution in [1.82, 2.24) is 5.32 Å². The summed E-state index contributed by atoms with van der Waals surface area (Å²) in [6.45, 7) is 1.88. The first-order valence-corrected chi connectivity index (χ1v) is 10.3. The van der Waals surface area contributed by atoms with Gasteiger partial charge < -0.3 is 11.1 Å². The molecule has 0 heterocycles. The average Bonchev–Trinajstić information content (AvgIpc) is 3.10. The van der Waals surface area contributed by atoms with Crippen molar-refractivity contribution in [2.75, 3.05) is 23.5 Å². The van der Waals surface area contributed by atoms with Gasteiger partial charge in [-0.3, -0.25) is 4.79 Å². The number of thioether (sulfide) groups is 1. The van der Waals surface area contributed by atoms with Crippen molar-refractivity contribution in [2.45, 2.75) is 50.6 Å². The summed E-state index contributed by atoms with van der Waals surface area (Å²) >= 11 is 1.65. The van der Waals surface area contributed by atoms with E-state index in [1.54, 1.807) is 11.8 Å². The number of hydrogen-bond donors (Lipinski definition) is 2. The maximum absolute atomic E-state index is 11.5. The van der Waals surface area contributed by atoms with Gasteiger partial charge in [-0.2, -0.15) is 11.8 Å². The third kappa shape index (κ3) is 7.50. The smallest absolute Gasteiger partial charge is 0.237 e. The molecule has 0 aromatic heterocycles. The zero-order valence-electron chi connectivity index (χ0n) is 12.4. The summed E-state index contributed by atoms with van der Waals surface area (Å²) < 4.78 is 21.9. The summed E-state index contributed by atoms with van der Waals surface area (Å²) in [6, 6.07) is 0.455. The van der Waals surface area contributed by atoms with Crippen molar-refractivity contribution >= 4 is 27.5 Å². The van der Waals surface area contributed by atoms with Crippen LogP contribution in [0.25, 0.3) is 0 Å². The lowest BCUT2D eigenvalue weighted by Gasteiger charge is -2.27. The number of nitrogens with two attached hydrogens (primary N) is 1. The van der Waals surface area contributed by atoms with Crippen molar-refractivity contribution < 1.29 is 13.2 Å². The van der Waals surface area contributed by atoms with E-state index >= 15 is 0 Å². The van der Waals surface area contributed by atoms with Gasteiger partial charge in [-0.05, 0) is 38.4 Å². The van der Waals surface area contributed by atoms with E-state index in [9.17, 15) is 13.2 Å². The highest BCUT2D eigenvalue weighted by atomic mass is 32.2. The molecule has 1 unspecified atom stereocenters. The van der Waals surface area contributed by atoms with Crippen LogP contribution in [-0.2, 0) is 14.6 Å². The van der Waals surface area contributed by atoms with Gasteiger partial charge in [-0.25, -0.2) is 8.42 Å². The highest BCUT2D eigenvalue weighted by Gasteiger charge is 2.36. The lowest BCUT2D eigenvalue weighted by Crippen LogP contribution is -2.53. The quantitative estimate of drug-likeness (QED) is 0.552. The number of carbonyl (C=O) groups is 1. The number of sulfone groups is 1. The molecule has 1 aliphatic carbocycles. The van der Waals surface area contributed by atoms with Crippen LogP contribution < -0.4 is 11.1 Å². The molecule has 7 heteroatoms. The zero-order valence-corrected chi connectivity index (χ0v) is 14.0. The molecule has 118 valence electrons. The molecule has 0 aromatic rings. The molecule has 0 aromatic carbocycles. The fourth-order valence-corrected chi connectivity index (χ4v) is 4.23. The van der Waals surface area contributed by atoms with Crippen LogP contribution in [0.3, 0.4) is 0 Å². The van der Waals surface area contributed by atoms with Crippen LogP contribution in [0.5, 0.6) is 0 Å². The Morgan fingerprint density at radius 2 is 2.00 bits per heavy atom. The summed E-state index contributed by atoms with van der Waals surface area (Å²) in [5.41, 5.74) is 4.89. The van der Waals surface area contributed by atoms with Crippen molar-refractivity contribution in [1.29, 1.82) is 0 Å². The molecule has 5 nitrogen and oxygen atoms in total. The molecule has 1 fully saturated rings. The van der Waals surface area contributed by atoms with E-state index in [1.165, 1.54) is 6.26 Å². The maximum Gasteiger partial charge on any atom is 0.237 e. The predicted octanol–water partition coefficient (Wildman–Crippen LogP) is 0.931. The van der Waals surface area contributed by atoms with E-state index < -0.39 is 15.4 Å². The summed E-state index contributed by atoms with van der Waals surface area (Å²) in [5.74, 6) is 1.52. The predicted molar refractivity (Wildman–Crippen MR) is 84.6 cm³/mol. The molecule has 1 atom stereocenters. The highest BCUT2D eigenvalue weighted by molar-refractivity contribution is 8.00. The number of primary amides is 1. The third-order valence-electron chi connectivity index (χ3n) is 3.46. The lowest BCUT2D eigenvalue weighted by molar-refractivity contribution is -0.124. The Hall–Kier alpha value is -0.270. The van der Waals surface area contributed by atoms with Crippen molar-refractivity contribution in [3.8, 4) is 0 Å². The SMILES string of the molecule is CC(CCCCSCCS(C)(=O)=O)(NC1CC1)C(N)=O. The van der Waals surface area contributed by atoms with Gasteiger partial charge >= 0.3 is 0 Å². The molecular weight excluding hydrogens is 296 g/mol. The van der Waals surface area contributed by atoms with Gasteiger partial charge in [0.25, 0.3) is 0 Å². The molecule has 0 spiro atoms. The van der Waals surface area contributed by atoms with Crippen molar-refractivity contribution in [2.24, 2.45) is 5.73 Å². The Bertz CT molecular complexity index is 421. The molecule has 1 amide bonds. The monoisotopic (exact) mass is 322 g/mol. The van der Waals surface area contributed by atoms with Gasteiger partial charge in [0, 0.05) is 18.1 Å². The number of amides is 1. The minimum absolute atomic E-state index is 0.236. The topological polar surface area (TPSA) is 89.3 Å². The first-order chi connectivity index (χ1) is 9.23. The van der Waals surface area contributed by atoms with Gasteiger partial charge in [0.15, 0.2) is 0 Å². The zero-order chi connectivity index (χ0) is 15.2. The Labute approximate surface area is 126 Å². The highest BCUT2D eigenvalue weighted by Crippen LogP contribution is 2.25. The summed E-state index contributed by atoms with van der Waals surface area (Å²) in [5, 5.41) is 3.33. The van der Waals surface area contributed by atoms with Gasteiger partial charge in [0.1, 0.15) is 9.84 Å². The van der Waals surface area contributed by atoms with Crippen LogP contribution in [-0.4, -0.2) is 49.4 Å². The van der Waals surface area contributed by atoms with Crippen LogP contribution in [0, 0.1) is 0 Å². The molecule has 3 N–H and O–H groups in total. The van der Waals surface area contributed by atoms with E-state index in [4.69, 9.17) is 5.73 Å². The summed E-state index contributed by atoms with van der Waals surface area (Å²) in [4.78, 5) is 11.5. The number of carbonyl (C=O) groups excluding carboxylic acids is 1. The maximum atomic E-state index is 11.5. The summed E-state index contributed by atoms with van der Waals surface area (Å²) in [6.07, 6.45) is 6.16. The molecule has 0 saturated heterocycles. The number of nitrogens with one attached hydrogen (secondary N) is 1. The second-order valence-corrected chi connectivity index (χ2v) is 9.30. The van der Waals surface area contributed by atoms with Crippen LogP contribution in [0.15, 0.2) is 0 Å². The van der Waals surface area contributed by atoms with Gasteiger partial charge in [-0.15, -0.1) is 0 Å². The van der Waals surface area contributed by atoms with Crippen LogP contribution in [0.1, 0.15) is 39.0 Å². The fourth-order valence-electron chi connectivity index (χ4n) is 1.94. The van der Waals surface area contributed by atoms with Crippen molar-refractivity contribution in [3.63, 3.8) is 0 Å². The standard InChI is InChI=1S/C13H26N2O3S2/c1-13(12(14)16,15-11-5-6-11)7-3-4-8-19-9-10-20(2,17)18/h11,15H,3-10H2,1-2H3,(H2,14,16). The Balaban J connectivity index is 2.13. The minimum atomic E-state index is -2.85. The van der Waals surface area contributed by atoms with Gasteiger partial charge in [0.05, 0.1) is 11.3 Å². The number of rotatable bonds is 11. The molecule has 1 aliphatic rings. The van der Waals surface area contributed by atoms with Gasteiger partial charge in [0.2, 0.25) is 5.91 Å². The molecule has 1 saturated carbocycles. The van der Waals surface area contributed by atoms with E-state index in [1.807, 2.05) is 6.92 Å². The second-order valence-electron chi connectivity index (χ2n) is 5.81. The van der Waals surface area contributed by atoms with E-state index in [0.29, 0.717) is 11.8 Å². The normalized spacial score (nSPS) is 18.7. The Kier molecular flexibility index (Phi) is 6.81. The molecule has 20 heavy (non-hydrogen) atoms. The largest absolute Gasteiger partial charge is 0.368 e. The average molecular weight is 322 g/mol. The Morgan fingerprint density at radius 3 is 2.50 bits per heavy atom. The van der Waals surface area contributed by atoms with Gasteiger partial charge in [-0.1, -0.05) is 6.42 Å².